The molecular weight excluding hydrogens is 152 g/mol. The Morgan fingerprint density at radius 2 is 2.00 bits per heavy atom. The number of ether oxygens (including phenoxy) is 1. The van der Waals surface area contributed by atoms with Gasteiger partial charge in [-0.15, -0.1) is 0 Å². The summed E-state index contributed by atoms with van der Waals surface area (Å²) < 4.78 is 4.78. The van der Waals surface area contributed by atoms with Gasteiger partial charge in [0, 0.05) is 6.08 Å². The third kappa shape index (κ3) is 6.81. The minimum absolute atomic E-state index is 0.303. The van der Waals surface area contributed by atoms with Crippen molar-refractivity contribution in [1.82, 2.24) is 0 Å². The lowest BCUT2D eigenvalue weighted by atomic mass is 10.4. The molecule has 0 spiro atoms. The Hall–Kier alpha value is -1.31. The van der Waals surface area contributed by atoms with Gasteiger partial charge in [-0.2, -0.15) is 0 Å². The Morgan fingerprint density at radius 3 is 2.58 bits per heavy atom. The van der Waals surface area contributed by atoms with Crippen LogP contribution in [0.15, 0.2) is 36.5 Å². The number of carbonyl (C=O) groups excluding carboxylic acids is 1. The van der Waals surface area contributed by atoms with Crippen molar-refractivity contribution in [2.24, 2.45) is 0 Å². The number of hydrogen-bond donors (Lipinski definition) is 0. The number of allylic oxidation sites excluding steroid dienone is 4. The molecule has 0 fully saturated rings. The lowest BCUT2D eigenvalue weighted by Gasteiger charge is -1.94. The minimum atomic E-state index is -0.303. The molecule has 2 heteroatoms. The third-order valence-electron chi connectivity index (χ3n) is 1.06. The molecule has 0 aromatic rings. The molecule has 0 aromatic carbocycles. The quantitative estimate of drug-likeness (QED) is 0.363. The van der Waals surface area contributed by atoms with Crippen molar-refractivity contribution in [2.75, 3.05) is 6.61 Å². The second-order valence-corrected chi connectivity index (χ2v) is 2.08. The molecule has 12 heavy (non-hydrogen) atoms. The van der Waals surface area contributed by atoms with E-state index in [1.54, 1.807) is 19.1 Å². The van der Waals surface area contributed by atoms with Gasteiger partial charge >= 0.3 is 5.97 Å². The van der Waals surface area contributed by atoms with Gasteiger partial charge in [0.05, 0.1) is 0 Å². The molecule has 2 nitrogen and oxygen atoms in total. The first kappa shape index (κ1) is 10.7. The topological polar surface area (TPSA) is 26.3 Å². The van der Waals surface area contributed by atoms with E-state index in [0.29, 0.717) is 6.61 Å². The first-order valence-electron chi connectivity index (χ1n) is 3.88. The van der Waals surface area contributed by atoms with Crippen LogP contribution in [-0.4, -0.2) is 12.6 Å². The zero-order valence-corrected chi connectivity index (χ0v) is 7.49. The van der Waals surface area contributed by atoms with Crippen LogP contribution in [-0.2, 0) is 9.53 Å². The van der Waals surface area contributed by atoms with Crippen molar-refractivity contribution < 1.29 is 9.53 Å². The Bertz CT molecular complexity index is 200. The van der Waals surface area contributed by atoms with Crippen molar-refractivity contribution in [1.29, 1.82) is 0 Å². The van der Waals surface area contributed by atoms with Crippen molar-refractivity contribution in [3.63, 3.8) is 0 Å². The van der Waals surface area contributed by atoms with E-state index in [4.69, 9.17) is 4.74 Å². The van der Waals surface area contributed by atoms with Gasteiger partial charge in [-0.3, -0.25) is 0 Å². The number of esters is 1. The molecule has 0 rings (SSSR count). The average molecular weight is 166 g/mol. The Kier molecular flexibility index (Phi) is 6.94. The van der Waals surface area contributed by atoms with Crippen LogP contribution in [0.25, 0.3) is 0 Å². The van der Waals surface area contributed by atoms with Crippen LogP contribution in [0.3, 0.4) is 0 Å². The number of hydrogen-bond acceptors (Lipinski definition) is 2. The highest BCUT2D eigenvalue weighted by Crippen LogP contribution is 1.83. The summed E-state index contributed by atoms with van der Waals surface area (Å²) in [6.07, 6.45) is 10.4. The fourth-order valence-electron chi connectivity index (χ4n) is 0.560. The van der Waals surface area contributed by atoms with Gasteiger partial charge in [0.15, 0.2) is 0 Å². The maximum Gasteiger partial charge on any atom is 0.330 e. The molecule has 0 aromatic heterocycles. The average Bonchev–Trinajstić information content (AvgIpc) is 2.05. The molecule has 0 saturated carbocycles. The molecule has 0 N–H and O–H groups in total. The van der Waals surface area contributed by atoms with Gasteiger partial charge in [0.25, 0.3) is 0 Å². The monoisotopic (exact) mass is 166 g/mol. The van der Waals surface area contributed by atoms with E-state index in [1.165, 1.54) is 6.08 Å². The molecule has 0 radical (unpaired) electrons. The predicted octanol–water partition coefficient (Wildman–Crippen LogP) is 2.24. The van der Waals surface area contributed by atoms with Crippen LogP contribution < -0.4 is 0 Å². The summed E-state index contributed by atoms with van der Waals surface area (Å²) in [5.74, 6) is -0.303. The Balaban J connectivity index is 3.49. The molecular formula is C10H14O2. The molecule has 0 unspecified atom stereocenters. The maximum absolute atomic E-state index is 10.7. The third-order valence-corrected chi connectivity index (χ3v) is 1.06. The zero-order valence-electron chi connectivity index (χ0n) is 7.49. The molecule has 0 amide bonds. The van der Waals surface area contributed by atoms with E-state index in [0.717, 1.165) is 0 Å². The van der Waals surface area contributed by atoms with E-state index in [2.05, 4.69) is 0 Å². The van der Waals surface area contributed by atoms with Crippen LogP contribution in [0.2, 0.25) is 0 Å². The van der Waals surface area contributed by atoms with Gasteiger partial charge in [0.2, 0.25) is 0 Å². The molecule has 0 heterocycles. The predicted molar refractivity (Wildman–Crippen MR) is 49.7 cm³/mol. The van der Waals surface area contributed by atoms with Crippen LogP contribution in [0, 0.1) is 0 Å². The summed E-state index contributed by atoms with van der Waals surface area (Å²) in [7, 11) is 0. The standard InChI is InChI=1S/C10H14O2/c1-3-5-6-7-9-12-10(11)8-4-2/h3-8H,9H2,1-2H3/b5-3?,7-6?,8-4+. The van der Waals surface area contributed by atoms with Gasteiger partial charge < -0.3 is 4.74 Å². The summed E-state index contributed by atoms with van der Waals surface area (Å²) in [5, 5.41) is 0. The molecule has 0 atom stereocenters. The number of rotatable bonds is 4. The van der Waals surface area contributed by atoms with Crippen molar-refractivity contribution in [2.45, 2.75) is 13.8 Å². The molecule has 0 aliphatic rings. The Morgan fingerprint density at radius 1 is 1.25 bits per heavy atom. The van der Waals surface area contributed by atoms with Crippen molar-refractivity contribution in [3.8, 4) is 0 Å². The molecule has 0 aliphatic carbocycles. The lowest BCUT2D eigenvalue weighted by molar-refractivity contribution is -0.136. The smallest absolute Gasteiger partial charge is 0.330 e. The highest BCUT2D eigenvalue weighted by molar-refractivity contribution is 5.81. The first-order valence-corrected chi connectivity index (χ1v) is 3.88. The van der Waals surface area contributed by atoms with E-state index in [-0.39, 0.29) is 5.97 Å². The second kappa shape index (κ2) is 7.79. The Labute approximate surface area is 73.2 Å². The van der Waals surface area contributed by atoms with Crippen LogP contribution in [0.5, 0.6) is 0 Å². The van der Waals surface area contributed by atoms with E-state index in [1.807, 2.05) is 25.2 Å². The van der Waals surface area contributed by atoms with Crippen molar-refractivity contribution in [3.05, 3.63) is 36.5 Å². The van der Waals surface area contributed by atoms with Gasteiger partial charge in [-0.25, -0.2) is 4.79 Å². The highest BCUT2D eigenvalue weighted by atomic mass is 16.5. The minimum Gasteiger partial charge on any atom is -0.458 e. The summed E-state index contributed by atoms with van der Waals surface area (Å²) in [5.41, 5.74) is 0. The SMILES string of the molecule is CC=CC=CCOC(=O)/C=C/C. The van der Waals surface area contributed by atoms with E-state index in [9.17, 15) is 4.79 Å². The van der Waals surface area contributed by atoms with E-state index >= 15 is 0 Å². The van der Waals surface area contributed by atoms with E-state index < -0.39 is 0 Å². The largest absolute Gasteiger partial charge is 0.458 e. The summed E-state index contributed by atoms with van der Waals surface area (Å²) in [6.45, 7) is 4.03. The summed E-state index contributed by atoms with van der Waals surface area (Å²) in [6, 6.07) is 0. The fourth-order valence-corrected chi connectivity index (χ4v) is 0.560. The molecule has 66 valence electrons. The van der Waals surface area contributed by atoms with Crippen LogP contribution in [0.1, 0.15) is 13.8 Å². The summed E-state index contributed by atoms with van der Waals surface area (Å²) in [4.78, 5) is 10.7. The van der Waals surface area contributed by atoms with Gasteiger partial charge in [-0.1, -0.05) is 24.3 Å². The lowest BCUT2D eigenvalue weighted by Crippen LogP contribution is -1.99. The van der Waals surface area contributed by atoms with Crippen LogP contribution in [0.4, 0.5) is 0 Å². The van der Waals surface area contributed by atoms with Gasteiger partial charge in [0.1, 0.15) is 6.61 Å². The van der Waals surface area contributed by atoms with Crippen molar-refractivity contribution >= 4 is 5.97 Å². The fraction of sp³-hybridized carbons (Fsp3) is 0.300. The number of carbonyl (C=O) groups is 1. The zero-order chi connectivity index (χ0) is 9.23. The maximum atomic E-state index is 10.7. The van der Waals surface area contributed by atoms with Crippen LogP contribution >= 0.6 is 0 Å². The molecule has 0 bridgehead atoms. The normalized spacial score (nSPS) is 11.8. The van der Waals surface area contributed by atoms with Gasteiger partial charge in [-0.05, 0) is 19.9 Å². The molecule has 0 saturated heterocycles. The summed E-state index contributed by atoms with van der Waals surface area (Å²) >= 11 is 0. The molecule has 0 aliphatic heterocycles. The first-order chi connectivity index (χ1) is 5.81. The highest BCUT2D eigenvalue weighted by Gasteiger charge is 1.90. The second-order valence-electron chi connectivity index (χ2n) is 2.08.